The van der Waals surface area contributed by atoms with E-state index in [9.17, 15) is 13.6 Å². The van der Waals surface area contributed by atoms with Crippen LogP contribution in [0, 0.1) is 0 Å². The van der Waals surface area contributed by atoms with Gasteiger partial charge >= 0.3 is 11.8 Å². The van der Waals surface area contributed by atoms with Gasteiger partial charge in [0.25, 0.3) is 12.3 Å². The molecular weight excluding hydrogens is 448 g/mol. The van der Waals surface area contributed by atoms with Gasteiger partial charge in [0.2, 0.25) is 0 Å². The first-order valence-corrected chi connectivity index (χ1v) is 10.4. The lowest BCUT2D eigenvalue weighted by atomic mass is 9.99. The molecular formula is C21H17F2N9O2. The van der Waals surface area contributed by atoms with Gasteiger partial charge in [-0.05, 0) is 24.3 Å². The number of fused-ring (bicyclic) bond motifs is 2. The lowest BCUT2D eigenvalue weighted by Crippen LogP contribution is -2.41. The quantitative estimate of drug-likeness (QED) is 0.433. The van der Waals surface area contributed by atoms with Gasteiger partial charge in [-0.1, -0.05) is 6.07 Å². The molecule has 172 valence electrons. The van der Waals surface area contributed by atoms with Crippen molar-refractivity contribution in [2.24, 2.45) is 7.05 Å². The lowest BCUT2D eigenvalue weighted by molar-refractivity contribution is 0.0646. The van der Waals surface area contributed by atoms with Crippen LogP contribution in [0.3, 0.4) is 0 Å². The van der Waals surface area contributed by atoms with E-state index in [4.69, 9.17) is 4.42 Å². The first kappa shape index (κ1) is 20.2. The summed E-state index contributed by atoms with van der Waals surface area (Å²) in [6.45, 7) is 0.317. The summed E-state index contributed by atoms with van der Waals surface area (Å²) in [5.41, 5.74) is 2.66. The van der Waals surface area contributed by atoms with Gasteiger partial charge in [0.05, 0.1) is 23.2 Å². The van der Waals surface area contributed by atoms with E-state index >= 15 is 0 Å². The molecule has 6 rings (SSSR count). The zero-order valence-corrected chi connectivity index (χ0v) is 17.8. The minimum atomic E-state index is -2.70. The number of rotatable bonds is 4. The van der Waals surface area contributed by atoms with Crippen molar-refractivity contribution in [2.45, 2.75) is 18.9 Å². The molecule has 0 saturated carbocycles. The second-order valence-corrected chi connectivity index (χ2v) is 7.83. The Kier molecular flexibility index (Phi) is 4.50. The maximum atomic E-state index is 13.5. The molecule has 0 aromatic carbocycles. The first-order valence-electron chi connectivity index (χ1n) is 10.4. The van der Waals surface area contributed by atoms with Gasteiger partial charge in [-0.2, -0.15) is 10.2 Å². The van der Waals surface area contributed by atoms with Crippen LogP contribution in [0.2, 0.25) is 0 Å². The van der Waals surface area contributed by atoms with Crippen LogP contribution in [0.5, 0.6) is 0 Å². The predicted octanol–water partition coefficient (Wildman–Crippen LogP) is 2.57. The summed E-state index contributed by atoms with van der Waals surface area (Å²) in [4.78, 5) is 22.5. The van der Waals surface area contributed by atoms with Crippen LogP contribution < -0.4 is 0 Å². The van der Waals surface area contributed by atoms with Crippen molar-refractivity contribution in [3.8, 4) is 11.6 Å². The number of halogens is 2. The fraction of sp³-hybridized carbons (Fsp3) is 0.238. The molecule has 0 bridgehead atoms. The summed E-state index contributed by atoms with van der Waals surface area (Å²) in [6, 6.07) is 7.19. The third-order valence-electron chi connectivity index (χ3n) is 5.87. The topological polar surface area (TPSA) is 123 Å². The Bertz CT molecular complexity index is 1520. The van der Waals surface area contributed by atoms with Gasteiger partial charge in [0.15, 0.2) is 0 Å². The smallest absolute Gasteiger partial charge is 0.312 e. The van der Waals surface area contributed by atoms with Gasteiger partial charge in [0, 0.05) is 31.9 Å². The van der Waals surface area contributed by atoms with Crippen LogP contribution in [0.4, 0.5) is 8.78 Å². The summed E-state index contributed by atoms with van der Waals surface area (Å²) in [5, 5.41) is 16.4. The van der Waals surface area contributed by atoms with E-state index in [-0.39, 0.29) is 17.5 Å². The number of aromatic amines is 1. The maximum absolute atomic E-state index is 13.5. The third-order valence-corrected chi connectivity index (χ3v) is 5.87. The number of nitrogens with one attached hydrogen (secondary N) is 1. The molecule has 13 heteroatoms. The van der Waals surface area contributed by atoms with Crippen LogP contribution in [0.1, 0.15) is 45.9 Å². The number of nitrogens with zero attached hydrogens (tertiary/aromatic N) is 8. The van der Waals surface area contributed by atoms with Crippen molar-refractivity contribution in [2.75, 3.05) is 6.54 Å². The molecule has 0 spiro atoms. The summed E-state index contributed by atoms with van der Waals surface area (Å²) >= 11 is 0. The number of alkyl halides is 2. The average molecular weight is 465 g/mol. The number of amides is 1. The summed E-state index contributed by atoms with van der Waals surface area (Å²) in [5.74, 6) is -0.547. The summed E-state index contributed by atoms with van der Waals surface area (Å²) in [6.07, 6.45) is 0.942. The molecule has 5 aromatic rings. The summed E-state index contributed by atoms with van der Waals surface area (Å²) in [7, 11) is 1.72. The molecule has 6 heterocycles. The van der Waals surface area contributed by atoms with Crippen molar-refractivity contribution in [3.63, 3.8) is 0 Å². The zero-order chi connectivity index (χ0) is 23.4. The number of H-pyrrole nitrogens is 1. The molecule has 1 aliphatic heterocycles. The van der Waals surface area contributed by atoms with E-state index in [1.54, 1.807) is 48.5 Å². The number of aromatic nitrogens is 8. The molecule has 0 unspecified atom stereocenters. The van der Waals surface area contributed by atoms with Crippen molar-refractivity contribution >= 4 is 11.4 Å². The van der Waals surface area contributed by atoms with Crippen LogP contribution in [-0.2, 0) is 13.5 Å². The van der Waals surface area contributed by atoms with Crippen molar-refractivity contribution in [3.05, 3.63) is 71.5 Å². The Balaban J connectivity index is 1.42. The first-order chi connectivity index (χ1) is 16.5. The molecule has 0 aliphatic carbocycles. The van der Waals surface area contributed by atoms with E-state index in [2.05, 4.69) is 30.4 Å². The third kappa shape index (κ3) is 3.08. The normalized spacial score (nSPS) is 15.9. The largest absolute Gasteiger partial charge is 0.411 e. The van der Waals surface area contributed by atoms with E-state index in [0.717, 1.165) is 5.69 Å². The number of pyridine rings is 1. The van der Waals surface area contributed by atoms with Crippen LogP contribution >= 0.6 is 0 Å². The lowest BCUT2D eigenvalue weighted by Gasteiger charge is -2.32. The highest BCUT2D eigenvalue weighted by Gasteiger charge is 2.38. The molecule has 1 N–H and O–H groups in total. The highest BCUT2D eigenvalue weighted by Crippen LogP contribution is 2.35. The van der Waals surface area contributed by atoms with Crippen LogP contribution in [0.15, 0.2) is 47.3 Å². The van der Waals surface area contributed by atoms with Gasteiger partial charge < -0.3 is 14.3 Å². The Morgan fingerprint density at radius 1 is 1.26 bits per heavy atom. The monoisotopic (exact) mass is 465 g/mol. The fourth-order valence-corrected chi connectivity index (χ4v) is 4.27. The zero-order valence-electron chi connectivity index (χ0n) is 17.8. The Morgan fingerprint density at radius 2 is 2.15 bits per heavy atom. The van der Waals surface area contributed by atoms with Gasteiger partial charge in [-0.25, -0.2) is 18.3 Å². The van der Waals surface area contributed by atoms with Gasteiger partial charge in [0.1, 0.15) is 17.4 Å². The van der Waals surface area contributed by atoms with Crippen LogP contribution in [-0.4, -0.2) is 56.9 Å². The Labute approximate surface area is 190 Å². The average Bonchev–Trinajstić information content (AvgIpc) is 3.62. The van der Waals surface area contributed by atoms with Crippen molar-refractivity contribution in [1.82, 2.24) is 44.5 Å². The number of aryl methyl sites for hydroxylation is 1. The number of hydrogen-bond acceptors (Lipinski definition) is 7. The van der Waals surface area contributed by atoms with E-state index in [1.807, 2.05) is 0 Å². The minimum Gasteiger partial charge on any atom is -0.411 e. The molecule has 0 saturated heterocycles. The molecule has 1 amide bonds. The predicted molar refractivity (Wildman–Crippen MR) is 112 cm³/mol. The van der Waals surface area contributed by atoms with Crippen molar-refractivity contribution in [1.29, 1.82) is 0 Å². The van der Waals surface area contributed by atoms with E-state index in [0.29, 0.717) is 35.6 Å². The van der Waals surface area contributed by atoms with Gasteiger partial charge in [-0.15, -0.1) is 10.2 Å². The fourth-order valence-electron chi connectivity index (χ4n) is 4.27. The highest BCUT2D eigenvalue weighted by atomic mass is 19.3. The molecule has 0 radical (unpaired) electrons. The summed E-state index contributed by atoms with van der Waals surface area (Å²) < 4.78 is 35.5. The van der Waals surface area contributed by atoms with Crippen molar-refractivity contribution < 1.29 is 18.0 Å². The standard InChI is InChI=1S/C21H17F2N9O2/c1-30-15(5-7-26-30)19-27-28-20(34-19)21(33)31-8-6-12-16(25-10-24-12)17(31)13-9-11-3-2-4-14(18(22)23)32(11)29-13/h2-5,7,9-10,17-18H,6,8H2,1H3,(H,24,25)/t17-/m1/s1. The SMILES string of the molecule is Cn1nccc1-c1nnc(C(=O)N2CCc3[nH]cnc3[C@H]2c2cc3cccc(C(F)F)n3n2)o1. The molecule has 5 aromatic heterocycles. The van der Waals surface area contributed by atoms with E-state index in [1.165, 1.54) is 15.5 Å². The number of imidazole rings is 1. The number of carbonyl (C=O) groups excluding carboxylic acids is 1. The molecule has 11 nitrogen and oxygen atoms in total. The highest BCUT2D eigenvalue weighted by molar-refractivity contribution is 5.90. The van der Waals surface area contributed by atoms with Gasteiger partial charge in [-0.3, -0.25) is 9.48 Å². The van der Waals surface area contributed by atoms with Crippen LogP contribution in [0.25, 0.3) is 17.1 Å². The molecule has 1 atom stereocenters. The second-order valence-electron chi connectivity index (χ2n) is 7.83. The Morgan fingerprint density at radius 3 is 2.94 bits per heavy atom. The molecule has 1 aliphatic rings. The number of carbonyl (C=O) groups is 1. The Hall–Kier alpha value is -4.42. The molecule has 0 fully saturated rings. The number of hydrogen-bond donors (Lipinski definition) is 1. The maximum Gasteiger partial charge on any atom is 0.312 e. The molecule has 34 heavy (non-hydrogen) atoms. The minimum absolute atomic E-state index is 0.159. The van der Waals surface area contributed by atoms with E-state index < -0.39 is 18.4 Å². The second kappa shape index (κ2) is 7.57.